The minimum atomic E-state index is -3.03. The van der Waals surface area contributed by atoms with Crippen LogP contribution < -0.4 is 10.5 Å². The lowest BCUT2D eigenvalue weighted by molar-refractivity contribution is -0.00460. The van der Waals surface area contributed by atoms with Crippen LogP contribution in [0.4, 0.5) is 18.9 Å². The van der Waals surface area contributed by atoms with E-state index in [2.05, 4.69) is 4.72 Å². The zero-order chi connectivity index (χ0) is 18.9. The van der Waals surface area contributed by atoms with Crippen LogP contribution in [0, 0.1) is 5.82 Å². The normalized spacial score (nSPS) is 22.7. The first kappa shape index (κ1) is 19.0. The van der Waals surface area contributed by atoms with Crippen LogP contribution >= 0.6 is 12.2 Å². The SMILES string of the molecule is CN1CC(F)(F)C(NSO)C1Cc1cc(N)cc(-c2ccccc2)c1F. The summed E-state index contributed by atoms with van der Waals surface area (Å²) in [7, 11) is 1.56. The summed E-state index contributed by atoms with van der Waals surface area (Å²) < 4.78 is 54.8. The third kappa shape index (κ3) is 3.68. The molecule has 2 aromatic carbocycles. The molecule has 0 bridgehead atoms. The maximum absolute atomic E-state index is 15.1. The lowest BCUT2D eigenvalue weighted by Crippen LogP contribution is -2.46. The number of nitrogens with two attached hydrogens (primary N) is 1. The molecule has 0 aromatic heterocycles. The molecular formula is C18H20F3N3OS. The molecule has 140 valence electrons. The molecule has 26 heavy (non-hydrogen) atoms. The van der Waals surface area contributed by atoms with Crippen molar-refractivity contribution in [1.29, 1.82) is 0 Å². The molecule has 1 fully saturated rings. The smallest absolute Gasteiger partial charge is 0.277 e. The average molecular weight is 383 g/mol. The van der Waals surface area contributed by atoms with E-state index in [9.17, 15) is 8.78 Å². The highest BCUT2D eigenvalue weighted by molar-refractivity contribution is 7.91. The van der Waals surface area contributed by atoms with Crippen LogP contribution in [0.1, 0.15) is 5.56 Å². The number of nitrogen functional groups attached to an aromatic ring is 1. The van der Waals surface area contributed by atoms with E-state index in [0.717, 1.165) is 0 Å². The highest BCUT2D eigenvalue weighted by Crippen LogP contribution is 2.36. The molecule has 1 saturated heterocycles. The fourth-order valence-corrected chi connectivity index (χ4v) is 3.93. The van der Waals surface area contributed by atoms with Crippen molar-refractivity contribution in [1.82, 2.24) is 9.62 Å². The van der Waals surface area contributed by atoms with Crippen LogP contribution in [-0.2, 0) is 6.42 Å². The van der Waals surface area contributed by atoms with Gasteiger partial charge >= 0.3 is 0 Å². The van der Waals surface area contributed by atoms with Crippen LogP contribution in [0.15, 0.2) is 42.5 Å². The molecule has 0 saturated carbocycles. The van der Waals surface area contributed by atoms with E-state index in [4.69, 9.17) is 10.3 Å². The first-order chi connectivity index (χ1) is 12.3. The number of benzene rings is 2. The summed E-state index contributed by atoms with van der Waals surface area (Å²) in [6.07, 6.45) is 0.0427. The summed E-state index contributed by atoms with van der Waals surface area (Å²) in [6.45, 7) is -0.467. The summed E-state index contributed by atoms with van der Waals surface area (Å²) in [4.78, 5) is 1.47. The molecule has 1 aliphatic rings. The van der Waals surface area contributed by atoms with Crippen LogP contribution in [0.25, 0.3) is 11.1 Å². The molecule has 8 heteroatoms. The molecule has 1 aliphatic heterocycles. The Morgan fingerprint density at radius 1 is 1.31 bits per heavy atom. The van der Waals surface area contributed by atoms with Gasteiger partial charge < -0.3 is 10.3 Å². The second-order valence-electron chi connectivity index (χ2n) is 6.54. The molecule has 2 aromatic rings. The van der Waals surface area contributed by atoms with E-state index in [1.165, 1.54) is 11.0 Å². The molecule has 3 rings (SSSR count). The Morgan fingerprint density at radius 3 is 2.65 bits per heavy atom. The van der Waals surface area contributed by atoms with Crippen molar-refractivity contribution in [2.75, 3.05) is 19.3 Å². The second-order valence-corrected chi connectivity index (χ2v) is 6.96. The number of likely N-dealkylation sites (tertiary alicyclic amines) is 1. The number of hydrogen-bond acceptors (Lipinski definition) is 5. The van der Waals surface area contributed by atoms with Crippen molar-refractivity contribution < 1.29 is 17.7 Å². The Kier molecular flexibility index (Phi) is 5.47. The molecule has 0 aliphatic carbocycles. The van der Waals surface area contributed by atoms with Gasteiger partial charge in [-0.15, -0.1) is 0 Å². The molecule has 0 radical (unpaired) electrons. The van der Waals surface area contributed by atoms with Gasteiger partial charge in [-0.05, 0) is 36.7 Å². The minimum Gasteiger partial charge on any atom is -0.399 e. The van der Waals surface area contributed by atoms with E-state index in [1.54, 1.807) is 37.4 Å². The predicted molar refractivity (Wildman–Crippen MR) is 98.5 cm³/mol. The fourth-order valence-electron chi connectivity index (χ4n) is 3.49. The Hall–Kier alpha value is -1.74. The molecule has 4 N–H and O–H groups in total. The van der Waals surface area contributed by atoms with E-state index >= 15 is 4.39 Å². The molecule has 2 atom stereocenters. The number of likely N-dealkylation sites (N-methyl/N-ethyl adjacent to an activating group) is 1. The Labute approximate surface area is 154 Å². The van der Waals surface area contributed by atoms with Crippen molar-refractivity contribution in [3.05, 3.63) is 53.8 Å². The van der Waals surface area contributed by atoms with Crippen molar-refractivity contribution >= 4 is 17.9 Å². The van der Waals surface area contributed by atoms with Gasteiger partial charge in [0.05, 0.1) is 18.8 Å². The molecule has 4 nitrogen and oxygen atoms in total. The Balaban J connectivity index is 1.96. The maximum Gasteiger partial charge on any atom is 0.277 e. The van der Waals surface area contributed by atoms with E-state index in [-0.39, 0.29) is 24.2 Å². The first-order valence-electron chi connectivity index (χ1n) is 8.11. The highest BCUT2D eigenvalue weighted by Gasteiger charge is 2.53. The quantitative estimate of drug-likeness (QED) is 0.418. The van der Waals surface area contributed by atoms with E-state index in [1.807, 2.05) is 6.07 Å². The zero-order valence-electron chi connectivity index (χ0n) is 14.1. The molecule has 2 unspecified atom stereocenters. The van der Waals surface area contributed by atoms with Gasteiger partial charge in [-0.3, -0.25) is 4.90 Å². The topological polar surface area (TPSA) is 61.5 Å². The standard InChI is InChI=1S/C18H20F3N3OS/c1-24-10-18(20,21)17(23-26-25)15(24)8-12-7-13(22)9-14(16(12)19)11-5-3-2-4-6-11/h2-7,9,15,17,23,25H,8,10,22H2,1H3. The Bertz CT molecular complexity index is 776. The molecule has 0 spiro atoms. The number of hydrogen-bond donors (Lipinski definition) is 3. The van der Waals surface area contributed by atoms with Crippen molar-refractivity contribution in [2.45, 2.75) is 24.4 Å². The number of halogens is 3. The first-order valence-corrected chi connectivity index (χ1v) is 8.88. The predicted octanol–water partition coefficient (Wildman–Crippen LogP) is 3.65. The summed E-state index contributed by atoms with van der Waals surface area (Å²) in [5.74, 6) is -3.50. The lowest BCUT2D eigenvalue weighted by atomic mass is 9.94. The Morgan fingerprint density at radius 2 is 2.00 bits per heavy atom. The van der Waals surface area contributed by atoms with Crippen molar-refractivity contribution in [3.8, 4) is 11.1 Å². The number of alkyl halides is 2. The summed E-state index contributed by atoms with van der Waals surface area (Å²) in [5.41, 5.74) is 7.59. The van der Waals surface area contributed by atoms with Gasteiger partial charge in [0.1, 0.15) is 11.9 Å². The van der Waals surface area contributed by atoms with Gasteiger partial charge in [0.2, 0.25) is 0 Å². The largest absolute Gasteiger partial charge is 0.399 e. The molecule has 0 amide bonds. The monoisotopic (exact) mass is 383 g/mol. The summed E-state index contributed by atoms with van der Waals surface area (Å²) >= 11 is 0.150. The summed E-state index contributed by atoms with van der Waals surface area (Å²) in [6, 6.07) is 9.98. The maximum atomic E-state index is 15.1. The lowest BCUT2D eigenvalue weighted by Gasteiger charge is -2.26. The number of anilines is 1. The van der Waals surface area contributed by atoms with Gasteiger partial charge in [-0.2, -0.15) is 0 Å². The van der Waals surface area contributed by atoms with Crippen molar-refractivity contribution in [2.24, 2.45) is 0 Å². The number of rotatable bonds is 5. The average Bonchev–Trinajstić information content (AvgIpc) is 2.81. The van der Waals surface area contributed by atoms with E-state index < -0.39 is 30.4 Å². The van der Waals surface area contributed by atoms with Crippen molar-refractivity contribution in [3.63, 3.8) is 0 Å². The molecule has 1 heterocycles. The zero-order valence-corrected chi connectivity index (χ0v) is 14.9. The van der Waals surface area contributed by atoms with Crippen LogP contribution in [-0.4, -0.2) is 41.1 Å². The van der Waals surface area contributed by atoms with E-state index in [0.29, 0.717) is 16.8 Å². The minimum absolute atomic E-state index is 0.0427. The van der Waals surface area contributed by atoms with Gasteiger partial charge in [-0.1, -0.05) is 30.3 Å². The van der Waals surface area contributed by atoms with Crippen LogP contribution in [0.3, 0.4) is 0 Å². The highest BCUT2D eigenvalue weighted by atomic mass is 32.2. The van der Waals surface area contributed by atoms with Crippen LogP contribution in [0.2, 0.25) is 0 Å². The van der Waals surface area contributed by atoms with Gasteiger partial charge in [0.15, 0.2) is 0 Å². The second kappa shape index (κ2) is 7.48. The number of nitrogens with one attached hydrogen (secondary N) is 1. The summed E-state index contributed by atoms with van der Waals surface area (Å²) in [5, 5.41) is 0. The van der Waals surface area contributed by atoms with Crippen LogP contribution in [0.5, 0.6) is 0 Å². The number of nitrogens with zero attached hydrogens (tertiary/aromatic N) is 1. The van der Waals surface area contributed by atoms with Gasteiger partial charge in [-0.25, -0.2) is 17.9 Å². The third-order valence-electron chi connectivity index (χ3n) is 4.73. The fraction of sp³-hybridized carbons (Fsp3) is 0.333. The third-order valence-corrected chi connectivity index (χ3v) is 5.09. The van der Waals surface area contributed by atoms with Gasteiger partial charge in [0.25, 0.3) is 5.92 Å². The molecular weight excluding hydrogens is 363 g/mol. The van der Waals surface area contributed by atoms with Gasteiger partial charge in [0, 0.05) is 17.3 Å².